The van der Waals surface area contributed by atoms with E-state index in [0.29, 0.717) is 42.5 Å². The number of ether oxygens (including phenoxy) is 2. The minimum Gasteiger partial charge on any atom is -0.474 e. The maximum Gasteiger partial charge on any atom is 0.241 e. The number of carbonyl (C=O) groups is 2. The van der Waals surface area contributed by atoms with Crippen molar-refractivity contribution in [3.63, 3.8) is 0 Å². The van der Waals surface area contributed by atoms with Gasteiger partial charge in [0.25, 0.3) is 0 Å². The van der Waals surface area contributed by atoms with Gasteiger partial charge < -0.3 is 25.0 Å². The number of benzene rings is 1. The van der Waals surface area contributed by atoms with Crippen LogP contribution in [0.15, 0.2) is 30.3 Å². The zero-order valence-electron chi connectivity index (χ0n) is 26.8. The maximum atomic E-state index is 14.2. The van der Waals surface area contributed by atoms with Gasteiger partial charge >= 0.3 is 0 Å². The van der Waals surface area contributed by atoms with Gasteiger partial charge in [-0.2, -0.15) is 4.98 Å². The number of amides is 2. The first-order valence-corrected chi connectivity index (χ1v) is 15.8. The zero-order chi connectivity index (χ0) is 31.5. The molecule has 0 spiro atoms. The van der Waals surface area contributed by atoms with Gasteiger partial charge in [0.1, 0.15) is 23.9 Å². The van der Waals surface area contributed by atoms with Gasteiger partial charge in [-0.15, -0.1) is 0 Å². The highest BCUT2D eigenvalue weighted by molar-refractivity contribution is 5.98. The molecule has 5 rings (SSSR count). The number of halogens is 1. The van der Waals surface area contributed by atoms with E-state index in [1.54, 1.807) is 17.0 Å². The second-order valence-electron chi connectivity index (χ2n) is 13.0. The lowest BCUT2D eigenvalue weighted by molar-refractivity contribution is -0.122. The molecular weight excluding hydrogens is 563 g/mol. The Morgan fingerprint density at radius 1 is 1.07 bits per heavy atom. The molecule has 2 saturated heterocycles. The molecule has 2 aromatic rings. The topological polar surface area (TPSA) is 99.3 Å². The van der Waals surface area contributed by atoms with Gasteiger partial charge in [0.2, 0.25) is 17.7 Å². The second kappa shape index (κ2) is 13.9. The van der Waals surface area contributed by atoms with Crippen molar-refractivity contribution in [2.45, 2.75) is 78.2 Å². The predicted molar refractivity (Wildman–Crippen MR) is 169 cm³/mol. The van der Waals surface area contributed by atoms with Gasteiger partial charge in [-0.25, -0.2) is 4.39 Å². The molecule has 0 aliphatic carbocycles. The van der Waals surface area contributed by atoms with Crippen LogP contribution in [0.3, 0.4) is 0 Å². The lowest BCUT2D eigenvalue weighted by Crippen LogP contribution is -2.63. The van der Waals surface area contributed by atoms with E-state index in [2.05, 4.69) is 41.2 Å². The molecule has 2 amide bonds. The number of carbonyl (C=O) groups excluding carboxylic acids is 2. The van der Waals surface area contributed by atoms with Crippen molar-refractivity contribution in [1.82, 2.24) is 20.1 Å². The molecule has 1 aromatic heterocycles. The third-order valence-corrected chi connectivity index (χ3v) is 8.89. The minimum atomic E-state index is -0.317. The zero-order valence-corrected chi connectivity index (χ0v) is 26.8. The molecule has 1 aromatic carbocycles. The Morgan fingerprint density at radius 3 is 2.45 bits per heavy atom. The molecule has 3 aliphatic rings. The van der Waals surface area contributed by atoms with Crippen molar-refractivity contribution in [3.05, 3.63) is 47.3 Å². The summed E-state index contributed by atoms with van der Waals surface area (Å²) in [5, 5.41) is 6.54. The number of rotatable bonds is 8. The number of anilines is 2. The molecule has 0 radical (unpaired) electrons. The van der Waals surface area contributed by atoms with E-state index >= 15 is 0 Å². The van der Waals surface area contributed by atoms with Crippen LogP contribution in [-0.2, 0) is 20.7 Å². The van der Waals surface area contributed by atoms with Crippen molar-refractivity contribution in [3.8, 4) is 5.88 Å². The SMILES string of the molecule is CC(C)C(=O)Nc1nc2c(cc1Cc1ccc(F)cc1)N(C(=O)CN1C[C@@H](C)NC[C@@H]1CN1[C@H](C)COC[C@H]1C)C(C)CO2. The van der Waals surface area contributed by atoms with E-state index in [9.17, 15) is 14.0 Å². The first-order valence-electron chi connectivity index (χ1n) is 15.8. The molecule has 5 atom stereocenters. The molecule has 11 heteroatoms. The molecule has 0 saturated carbocycles. The third kappa shape index (κ3) is 7.39. The summed E-state index contributed by atoms with van der Waals surface area (Å²) in [6, 6.07) is 9.03. The lowest BCUT2D eigenvalue weighted by Gasteiger charge is -2.46. The summed E-state index contributed by atoms with van der Waals surface area (Å²) in [5.41, 5.74) is 2.17. The Labute approximate surface area is 260 Å². The van der Waals surface area contributed by atoms with Crippen LogP contribution < -0.4 is 20.3 Å². The molecule has 3 aliphatic heterocycles. The summed E-state index contributed by atoms with van der Waals surface area (Å²) in [5.74, 6) is -0.0421. The van der Waals surface area contributed by atoms with Gasteiger partial charge in [-0.3, -0.25) is 19.4 Å². The van der Waals surface area contributed by atoms with Crippen LogP contribution in [0.5, 0.6) is 5.88 Å². The van der Waals surface area contributed by atoms with E-state index in [4.69, 9.17) is 14.5 Å². The smallest absolute Gasteiger partial charge is 0.241 e. The van der Waals surface area contributed by atoms with E-state index in [-0.39, 0.29) is 48.2 Å². The van der Waals surface area contributed by atoms with Crippen molar-refractivity contribution in [1.29, 1.82) is 0 Å². The molecule has 240 valence electrons. The summed E-state index contributed by atoms with van der Waals surface area (Å²) in [6.07, 6.45) is 0.401. The van der Waals surface area contributed by atoms with Crippen LogP contribution in [-0.4, -0.2) is 103 Å². The molecular formula is C33H47FN6O4. The average molecular weight is 611 g/mol. The minimum absolute atomic E-state index is 0.0160. The number of piperazine rings is 1. The van der Waals surface area contributed by atoms with Crippen LogP contribution in [0.1, 0.15) is 52.7 Å². The van der Waals surface area contributed by atoms with Crippen molar-refractivity contribution >= 4 is 23.3 Å². The average Bonchev–Trinajstić information content (AvgIpc) is 2.97. The Hall–Kier alpha value is -3.12. The highest BCUT2D eigenvalue weighted by Crippen LogP contribution is 2.37. The van der Waals surface area contributed by atoms with Crippen molar-refractivity contribution in [2.75, 3.05) is 56.2 Å². The van der Waals surface area contributed by atoms with Crippen LogP contribution in [0.25, 0.3) is 0 Å². The van der Waals surface area contributed by atoms with Gasteiger partial charge in [0, 0.05) is 61.7 Å². The van der Waals surface area contributed by atoms with Crippen LogP contribution in [0, 0.1) is 11.7 Å². The standard InChI is InChI=1S/C33H47FN6O4/c1-20(2)32(42)36-31-26(11-25-7-9-27(34)10-8-25)12-29-33(37-31)44-19-24(6)40(29)30(41)16-38-14-21(3)35-13-28(38)15-39-22(4)17-43-18-23(39)5/h7-10,12,20-24,28,35H,11,13-19H2,1-6H3,(H,36,37,42)/t21-,22-,23-,24?,28-/m1/s1. The quantitative estimate of drug-likeness (QED) is 0.470. The number of nitrogens with one attached hydrogen (secondary N) is 2. The molecule has 0 bridgehead atoms. The fourth-order valence-electron chi connectivity index (χ4n) is 6.32. The Balaban J connectivity index is 1.42. The van der Waals surface area contributed by atoms with Gasteiger partial charge in [0.05, 0.1) is 25.8 Å². The number of hydrogen-bond donors (Lipinski definition) is 2. The predicted octanol–water partition coefficient (Wildman–Crippen LogP) is 3.29. The second-order valence-corrected chi connectivity index (χ2v) is 13.0. The van der Waals surface area contributed by atoms with E-state index < -0.39 is 0 Å². The molecule has 1 unspecified atom stereocenters. The Morgan fingerprint density at radius 2 is 1.77 bits per heavy atom. The fourth-order valence-corrected chi connectivity index (χ4v) is 6.32. The summed E-state index contributed by atoms with van der Waals surface area (Å²) in [7, 11) is 0. The van der Waals surface area contributed by atoms with Gasteiger partial charge in [0.15, 0.2) is 0 Å². The monoisotopic (exact) mass is 610 g/mol. The van der Waals surface area contributed by atoms with E-state index in [1.807, 2.05) is 26.8 Å². The van der Waals surface area contributed by atoms with Gasteiger partial charge in [-0.05, 0) is 51.5 Å². The molecule has 2 fully saturated rings. The summed E-state index contributed by atoms with van der Waals surface area (Å²) >= 11 is 0. The number of morpholine rings is 1. The Kier molecular flexibility index (Phi) is 10.2. The summed E-state index contributed by atoms with van der Waals surface area (Å²) < 4.78 is 25.4. The number of fused-ring (bicyclic) bond motifs is 1. The van der Waals surface area contributed by atoms with E-state index in [0.717, 1.165) is 44.0 Å². The number of hydrogen-bond acceptors (Lipinski definition) is 8. The number of pyridine rings is 1. The molecule has 4 heterocycles. The summed E-state index contributed by atoms with van der Waals surface area (Å²) in [6.45, 7) is 16.6. The van der Waals surface area contributed by atoms with E-state index in [1.165, 1.54) is 12.1 Å². The fraction of sp³-hybridized carbons (Fsp3) is 0.606. The normalized spacial score (nSPS) is 26.3. The molecule has 44 heavy (non-hydrogen) atoms. The lowest BCUT2D eigenvalue weighted by atomic mass is 10.0. The van der Waals surface area contributed by atoms with Crippen molar-refractivity contribution < 1.29 is 23.5 Å². The highest BCUT2D eigenvalue weighted by atomic mass is 19.1. The van der Waals surface area contributed by atoms with Crippen LogP contribution in [0.2, 0.25) is 0 Å². The highest BCUT2D eigenvalue weighted by Gasteiger charge is 2.37. The largest absolute Gasteiger partial charge is 0.474 e. The van der Waals surface area contributed by atoms with Crippen LogP contribution >= 0.6 is 0 Å². The molecule has 2 N–H and O–H groups in total. The number of nitrogens with zero attached hydrogens (tertiary/aromatic N) is 4. The number of aromatic nitrogens is 1. The molecule has 10 nitrogen and oxygen atoms in total. The summed E-state index contributed by atoms with van der Waals surface area (Å²) in [4.78, 5) is 38.2. The Bertz CT molecular complexity index is 1310. The van der Waals surface area contributed by atoms with Crippen molar-refractivity contribution in [2.24, 2.45) is 5.92 Å². The van der Waals surface area contributed by atoms with Crippen LogP contribution in [0.4, 0.5) is 15.9 Å². The van der Waals surface area contributed by atoms with Gasteiger partial charge in [-0.1, -0.05) is 26.0 Å². The first kappa shape index (κ1) is 32.3. The first-order chi connectivity index (χ1) is 21.0. The third-order valence-electron chi connectivity index (χ3n) is 8.89. The maximum absolute atomic E-state index is 14.2.